The van der Waals surface area contributed by atoms with Gasteiger partial charge in [0.25, 0.3) is 0 Å². The summed E-state index contributed by atoms with van der Waals surface area (Å²) in [5.74, 6) is 0. The van der Waals surface area contributed by atoms with Crippen LogP contribution in [0.1, 0.15) is 37.0 Å². The lowest BCUT2D eigenvalue weighted by atomic mass is 9.83. The molecular formula is C15H21NO. The molecule has 0 saturated carbocycles. The SMILES string of the molecule is CC(C)(CNCC=O)c1ccc2c(c1)CCC2. The third-order valence-electron chi connectivity index (χ3n) is 3.67. The van der Waals surface area contributed by atoms with Crippen LogP contribution in [0.3, 0.4) is 0 Å². The number of carbonyl (C=O) groups excluding carboxylic acids is 1. The van der Waals surface area contributed by atoms with Gasteiger partial charge in [-0.3, -0.25) is 0 Å². The second-order valence-corrected chi connectivity index (χ2v) is 5.52. The summed E-state index contributed by atoms with van der Waals surface area (Å²) in [5.41, 5.74) is 4.49. The molecule has 0 bridgehead atoms. The van der Waals surface area contributed by atoms with Crippen LogP contribution in [0.2, 0.25) is 0 Å². The Morgan fingerprint density at radius 1 is 1.29 bits per heavy atom. The lowest BCUT2D eigenvalue weighted by molar-refractivity contribution is -0.107. The Morgan fingerprint density at radius 3 is 2.82 bits per heavy atom. The monoisotopic (exact) mass is 231 g/mol. The quantitative estimate of drug-likeness (QED) is 0.622. The smallest absolute Gasteiger partial charge is 0.133 e. The van der Waals surface area contributed by atoms with Gasteiger partial charge in [-0.15, -0.1) is 0 Å². The minimum atomic E-state index is 0.0840. The molecule has 0 fully saturated rings. The lowest BCUT2D eigenvalue weighted by Crippen LogP contribution is -2.33. The molecule has 0 heterocycles. The summed E-state index contributed by atoms with van der Waals surface area (Å²) in [6, 6.07) is 6.87. The van der Waals surface area contributed by atoms with Gasteiger partial charge in [0.2, 0.25) is 0 Å². The first-order chi connectivity index (χ1) is 8.13. The Balaban J connectivity index is 2.12. The fourth-order valence-corrected chi connectivity index (χ4v) is 2.54. The van der Waals surface area contributed by atoms with Crippen molar-refractivity contribution in [1.29, 1.82) is 0 Å². The van der Waals surface area contributed by atoms with Gasteiger partial charge in [-0.05, 0) is 36.0 Å². The van der Waals surface area contributed by atoms with Crippen molar-refractivity contribution in [2.24, 2.45) is 0 Å². The third kappa shape index (κ3) is 2.75. The molecule has 0 aromatic heterocycles. The maximum atomic E-state index is 10.3. The topological polar surface area (TPSA) is 29.1 Å². The lowest BCUT2D eigenvalue weighted by Gasteiger charge is -2.26. The summed E-state index contributed by atoms with van der Waals surface area (Å²) >= 11 is 0. The molecule has 2 nitrogen and oxygen atoms in total. The number of benzene rings is 1. The van der Waals surface area contributed by atoms with Crippen LogP contribution in [0.5, 0.6) is 0 Å². The van der Waals surface area contributed by atoms with E-state index in [1.54, 1.807) is 0 Å². The van der Waals surface area contributed by atoms with Crippen molar-refractivity contribution in [3.05, 3.63) is 34.9 Å². The number of aryl methyl sites for hydroxylation is 2. The number of hydrogen-bond donors (Lipinski definition) is 1. The van der Waals surface area contributed by atoms with Crippen LogP contribution in [0.15, 0.2) is 18.2 Å². The van der Waals surface area contributed by atoms with Gasteiger partial charge in [-0.1, -0.05) is 32.0 Å². The van der Waals surface area contributed by atoms with Crippen molar-refractivity contribution in [2.75, 3.05) is 13.1 Å². The van der Waals surface area contributed by atoms with Gasteiger partial charge in [0.15, 0.2) is 0 Å². The summed E-state index contributed by atoms with van der Waals surface area (Å²) < 4.78 is 0. The number of hydrogen-bond acceptors (Lipinski definition) is 2. The molecule has 0 amide bonds. The zero-order chi connectivity index (χ0) is 12.3. The van der Waals surface area contributed by atoms with E-state index < -0.39 is 0 Å². The molecule has 17 heavy (non-hydrogen) atoms. The minimum absolute atomic E-state index is 0.0840. The predicted molar refractivity (Wildman–Crippen MR) is 70.4 cm³/mol. The van der Waals surface area contributed by atoms with Gasteiger partial charge in [0, 0.05) is 12.0 Å². The average molecular weight is 231 g/mol. The summed E-state index contributed by atoms with van der Waals surface area (Å²) in [6.45, 7) is 5.72. The van der Waals surface area contributed by atoms with E-state index in [0.717, 1.165) is 12.8 Å². The Labute approximate surface area is 103 Å². The van der Waals surface area contributed by atoms with E-state index in [1.165, 1.54) is 36.0 Å². The van der Waals surface area contributed by atoms with Crippen LogP contribution in [0.25, 0.3) is 0 Å². The van der Waals surface area contributed by atoms with Gasteiger partial charge in [-0.2, -0.15) is 0 Å². The summed E-state index contributed by atoms with van der Waals surface area (Å²) in [5, 5.41) is 3.17. The number of aldehydes is 1. The minimum Gasteiger partial charge on any atom is -0.309 e. The molecule has 92 valence electrons. The van der Waals surface area contributed by atoms with E-state index in [2.05, 4.69) is 37.4 Å². The van der Waals surface area contributed by atoms with E-state index in [1.807, 2.05) is 0 Å². The molecule has 0 spiro atoms. The highest BCUT2D eigenvalue weighted by Gasteiger charge is 2.22. The normalized spacial score (nSPS) is 14.7. The Morgan fingerprint density at radius 2 is 2.06 bits per heavy atom. The van der Waals surface area contributed by atoms with Crippen molar-refractivity contribution in [2.45, 2.75) is 38.5 Å². The molecule has 0 unspecified atom stereocenters. The molecule has 0 atom stereocenters. The predicted octanol–water partition coefficient (Wildman–Crippen LogP) is 2.24. The number of rotatable bonds is 5. The van der Waals surface area contributed by atoms with E-state index in [4.69, 9.17) is 0 Å². The fraction of sp³-hybridized carbons (Fsp3) is 0.533. The summed E-state index contributed by atoms with van der Waals surface area (Å²) in [7, 11) is 0. The number of nitrogens with one attached hydrogen (secondary N) is 1. The van der Waals surface area contributed by atoms with Gasteiger partial charge < -0.3 is 10.1 Å². The molecule has 2 heteroatoms. The molecule has 1 N–H and O–H groups in total. The molecule has 1 aliphatic carbocycles. The Hall–Kier alpha value is -1.15. The highest BCUT2D eigenvalue weighted by molar-refractivity contribution is 5.51. The van der Waals surface area contributed by atoms with Gasteiger partial charge in [0.05, 0.1) is 6.54 Å². The zero-order valence-electron chi connectivity index (χ0n) is 10.8. The van der Waals surface area contributed by atoms with Crippen LogP contribution in [-0.2, 0) is 23.1 Å². The standard InChI is InChI=1S/C15H21NO/c1-15(2,11-16-8-9-17)14-7-6-12-4-3-5-13(12)10-14/h6-7,9-10,16H,3-5,8,11H2,1-2H3. The van der Waals surface area contributed by atoms with E-state index >= 15 is 0 Å². The highest BCUT2D eigenvalue weighted by Crippen LogP contribution is 2.29. The van der Waals surface area contributed by atoms with E-state index in [9.17, 15) is 4.79 Å². The first-order valence-electron chi connectivity index (χ1n) is 6.40. The second kappa shape index (κ2) is 5.01. The summed E-state index contributed by atoms with van der Waals surface area (Å²) in [6.07, 6.45) is 4.67. The molecule has 0 saturated heterocycles. The largest absolute Gasteiger partial charge is 0.309 e. The summed E-state index contributed by atoms with van der Waals surface area (Å²) in [4.78, 5) is 10.3. The van der Waals surface area contributed by atoms with E-state index in [0.29, 0.717) is 6.54 Å². The molecule has 1 aromatic rings. The maximum absolute atomic E-state index is 10.3. The van der Waals surface area contributed by atoms with Crippen LogP contribution >= 0.6 is 0 Å². The highest BCUT2D eigenvalue weighted by atomic mass is 16.1. The number of fused-ring (bicyclic) bond motifs is 1. The van der Waals surface area contributed by atoms with Crippen molar-refractivity contribution in [1.82, 2.24) is 5.32 Å². The Bertz CT molecular complexity index is 409. The average Bonchev–Trinajstić information content (AvgIpc) is 2.76. The fourth-order valence-electron chi connectivity index (χ4n) is 2.54. The molecule has 2 rings (SSSR count). The van der Waals surface area contributed by atoms with E-state index in [-0.39, 0.29) is 5.41 Å². The zero-order valence-corrected chi connectivity index (χ0v) is 10.8. The van der Waals surface area contributed by atoms with Crippen LogP contribution in [0.4, 0.5) is 0 Å². The van der Waals surface area contributed by atoms with Crippen molar-refractivity contribution < 1.29 is 4.79 Å². The molecule has 1 aromatic carbocycles. The van der Waals surface area contributed by atoms with Crippen molar-refractivity contribution in [3.8, 4) is 0 Å². The molecule has 0 radical (unpaired) electrons. The molecule has 0 aliphatic heterocycles. The first-order valence-corrected chi connectivity index (χ1v) is 6.40. The second-order valence-electron chi connectivity index (χ2n) is 5.52. The van der Waals surface area contributed by atoms with Gasteiger partial charge >= 0.3 is 0 Å². The van der Waals surface area contributed by atoms with Gasteiger partial charge in [0.1, 0.15) is 6.29 Å². The first kappa shape index (κ1) is 12.3. The van der Waals surface area contributed by atoms with Crippen molar-refractivity contribution in [3.63, 3.8) is 0 Å². The molecule has 1 aliphatic rings. The maximum Gasteiger partial charge on any atom is 0.133 e. The Kier molecular flexibility index (Phi) is 3.63. The third-order valence-corrected chi connectivity index (χ3v) is 3.67. The van der Waals surface area contributed by atoms with Crippen molar-refractivity contribution >= 4 is 6.29 Å². The molecular weight excluding hydrogens is 210 g/mol. The van der Waals surface area contributed by atoms with Crippen LogP contribution < -0.4 is 5.32 Å². The van der Waals surface area contributed by atoms with Crippen LogP contribution in [0, 0.1) is 0 Å². The van der Waals surface area contributed by atoms with Gasteiger partial charge in [-0.25, -0.2) is 0 Å². The number of carbonyl (C=O) groups is 1. The van der Waals surface area contributed by atoms with Crippen LogP contribution in [-0.4, -0.2) is 19.4 Å².